The van der Waals surface area contributed by atoms with Gasteiger partial charge in [-0.25, -0.2) is 0 Å². The van der Waals surface area contributed by atoms with Crippen LogP contribution in [0.1, 0.15) is 17.2 Å². The van der Waals surface area contributed by atoms with E-state index in [-0.39, 0.29) is 30.0 Å². The van der Waals surface area contributed by atoms with Crippen LogP contribution in [0, 0.1) is 0 Å². The number of para-hydroxylation sites is 2. The van der Waals surface area contributed by atoms with E-state index in [1.54, 1.807) is 30.9 Å². The van der Waals surface area contributed by atoms with Crippen LogP contribution < -0.4 is 19.7 Å². The number of hydrogen-bond donors (Lipinski definition) is 1. The summed E-state index contributed by atoms with van der Waals surface area (Å²) in [6.07, 6.45) is 0.257. The average molecular weight is 449 g/mol. The zero-order valence-corrected chi connectivity index (χ0v) is 18.7. The molecule has 1 N–H and O–H groups in total. The van der Waals surface area contributed by atoms with Crippen molar-refractivity contribution < 1.29 is 19.1 Å². The van der Waals surface area contributed by atoms with Crippen molar-refractivity contribution in [3.8, 4) is 11.5 Å². The van der Waals surface area contributed by atoms with Crippen molar-refractivity contribution in [2.24, 2.45) is 0 Å². The van der Waals surface area contributed by atoms with E-state index < -0.39 is 0 Å². The standard InChI is InChI=1S/C25H24N2O4S/c1-30-20-13-12-17(14-21(20)31-2)23-15-25(29)27(19-10-6-7-11-22(19)32-23)16-24(28)26-18-8-4-3-5-9-18/h3-14,23H,15-16H2,1-2H3,(H,26,28)/t23-/m1/s1. The second-order valence-corrected chi connectivity index (χ2v) is 8.53. The van der Waals surface area contributed by atoms with Gasteiger partial charge in [-0.15, -0.1) is 11.8 Å². The number of carbonyl (C=O) groups excluding carboxylic acids is 2. The lowest BCUT2D eigenvalue weighted by Crippen LogP contribution is -2.38. The van der Waals surface area contributed by atoms with E-state index in [4.69, 9.17) is 9.47 Å². The van der Waals surface area contributed by atoms with Gasteiger partial charge in [-0.3, -0.25) is 9.59 Å². The molecule has 32 heavy (non-hydrogen) atoms. The molecule has 1 aliphatic heterocycles. The fourth-order valence-corrected chi connectivity index (χ4v) is 4.93. The van der Waals surface area contributed by atoms with Crippen LogP contribution in [-0.2, 0) is 9.59 Å². The van der Waals surface area contributed by atoms with E-state index in [0.29, 0.717) is 17.2 Å². The number of methoxy groups -OCH3 is 2. The third-order valence-electron chi connectivity index (χ3n) is 5.22. The van der Waals surface area contributed by atoms with Crippen molar-refractivity contribution in [3.63, 3.8) is 0 Å². The van der Waals surface area contributed by atoms with Gasteiger partial charge in [-0.2, -0.15) is 0 Å². The Balaban J connectivity index is 1.60. The van der Waals surface area contributed by atoms with Crippen molar-refractivity contribution in [1.82, 2.24) is 0 Å². The number of amides is 2. The van der Waals surface area contributed by atoms with Gasteiger partial charge in [0.1, 0.15) is 6.54 Å². The molecule has 2 amide bonds. The molecular weight excluding hydrogens is 424 g/mol. The van der Waals surface area contributed by atoms with Gasteiger partial charge in [0.15, 0.2) is 11.5 Å². The summed E-state index contributed by atoms with van der Waals surface area (Å²) in [5.41, 5.74) is 2.41. The van der Waals surface area contributed by atoms with Crippen LogP contribution in [-0.4, -0.2) is 32.6 Å². The first-order valence-electron chi connectivity index (χ1n) is 10.2. The highest BCUT2D eigenvalue weighted by Crippen LogP contribution is 2.46. The lowest BCUT2D eigenvalue weighted by molar-refractivity contribution is -0.121. The number of thioether (sulfide) groups is 1. The summed E-state index contributed by atoms with van der Waals surface area (Å²) in [5.74, 6) is 0.912. The Hall–Kier alpha value is -3.45. The molecular formula is C25H24N2O4S. The lowest BCUT2D eigenvalue weighted by Gasteiger charge is -2.22. The highest BCUT2D eigenvalue weighted by molar-refractivity contribution is 7.99. The van der Waals surface area contributed by atoms with Gasteiger partial charge in [-0.1, -0.05) is 36.4 Å². The molecule has 0 unspecified atom stereocenters. The highest BCUT2D eigenvalue weighted by Gasteiger charge is 2.30. The zero-order valence-electron chi connectivity index (χ0n) is 17.9. The molecule has 0 aliphatic carbocycles. The SMILES string of the molecule is COc1ccc([C@H]2CC(=O)N(CC(=O)Nc3ccccc3)c3ccccc3S2)cc1OC. The molecule has 0 saturated carbocycles. The van der Waals surface area contributed by atoms with Crippen LogP contribution in [0.25, 0.3) is 0 Å². The van der Waals surface area contributed by atoms with Crippen LogP contribution >= 0.6 is 11.8 Å². The van der Waals surface area contributed by atoms with Crippen molar-refractivity contribution >= 4 is 35.0 Å². The van der Waals surface area contributed by atoms with Gasteiger partial charge >= 0.3 is 0 Å². The maximum atomic E-state index is 13.3. The molecule has 3 aromatic carbocycles. The Bertz CT molecular complexity index is 1120. The van der Waals surface area contributed by atoms with Crippen LogP contribution in [0.4, 0.5) is 11.4 Å². The number of fused-ring (bicyclic) bond motifs is 1. The van der Waals surface area contributed by atoms with Crippen LogP contribution in [0.2, 0.25) is 0 Å². The predicted molar refractivity (Wildman–Crippen MR) is 127 cm³/mol. The van der Waals surface area contributed by atoms with Gasteiger partial charge in [0.2, 0.25) is 11.8 Å². The first-order chi connectivity index (χ1) is 15.6. The minimum Gasteiger partial charge on any atom is -0.493 e. The van der Waals surface area contributed by atoms with E-state index in [1.807, 2.05) is 72.8 Å². The zero-order chi connectivity index (χ0) is 22.5. The monoisotopic (exact) mass is 448 g/mol. The third-order valence-corrected chi connectivity index (χ3v) is 6.55. The molecule has 1 atom stereocenters. The first-order valence-corrected chi connectivity index (χ1v) is 11.1. The van der Waals surface area contributed by atoms with Gasteiger partial charge in [0.25, 0.3) is 0 Å². The fraction of sp³-hybridized carbons (Fsp3) is 0.200. The van der Waals surface area contributed by atoms with E-state index in [2.05, 4.69) is 5.32 Å². The smallest absolute Gasteiger partial charge is 0.244 e. The summed E-state index contributed by atoms with van der Waals surface area (Å²) < 4.78 is 10.8. The van der Waals surface area contributed by atoms with E-state index in [1.165, 1.54) is 0 Å². The number of benzene rings is 3. The van der Waals surface area contributed by atoms with Gasteiger partial charge in [0.05, 0.1) is 19.9 Å². The average Bonchev–Trinajstić information content (AvgIpc) is 2.95. The normalized spacial score (nSPS) is 15.5. The molecule has 4 rings (SSSR count). The number of ether oxygens (including phenoxy) is 2. The molecule has 0 fully saturated rings. The van der Waals surface area contributed by atoms with Gasteiger partial charge < -0.3 is 19.7 Å². The first kappa shape index (κ1) is 21.8. The molecule has 0 bridgehead atoms. The largest absolute Gasteiger partial charge is 0.493 e. The summed E-state index contributed by atoms with van der Waals surface area (Å²) in [4.78, 5) is 28.5. The summed E-state index contributed by atoms with van der Waals surface area (Å²) in [5, 5.41) is 2.74. The Kier molecular flexibility index (Phi) is 6.66. The molecule has 7 heteroatoms. The van der Waals surface area contributed by atoms with Crippen molar-refractivity contribution in [2.45, 2.75) is 16.6 Å². The summed E-state index contributed by atoms with van der Waals surface area (Å²) >= 11 is 1.61. The molecule has 3 aromatic rings. The Morgan fingerprint density at radius 3 is 2.47 bits per heavy atom. The minimum absolute atomic E-state index is 0.0516. The van der Waals surface area contributed by atoms with Gasteiger partial charge in [-0.05, 0) is 42.0 Å². The number of hydrogen-bond acceptors (Lipinski definition) is 5. The second-order valence-electron chi connectivity index (χ2n) is 7.29. The minimum atomic E-state index is -0.242. The fourth-order valence-electron chi connectivity index (χ4n) is 3.66. The Morgan fingerprint density at radius 1 is 1.00 bits per heavy atom. The summed E-state index contributed by atoms with van der Waals surface area (Å²) in [6, 6.07) is 22.6. The van der Waals surface area contributed by atoms with Crippen molar-refractivity contribution in [1.29, 1.82) is 0 Å². The van der Waals surface area contributed by atoms with E-state index in [0.717, 1.165) is 16.1 Å². The van der Waals surface area contributed by atoms with Crippen molar-refractivity contribution in [2.75, 3.05) is 31.0 Å². The molecule has 0 spiro atoms. The Morgan fingerprint density at radius 2 is 1.72 bits per heavy atom. The molecule has 164 valence electrons. The van der Waals surface area contributed by atoms with Crippen LogP contribution in [0.3, 0.4) is 0 Å². The van der Waals surface area contributed by atoms with E-state index in [9.17, 15) is 9.59 Å². The Labute approximate surface area is 191 Å². The van der Waals surface area contributed by atoms with Crippen LogP contribution in [0.15, 0.2) is 77.7 Å². The van der Waals surface area contributed by atoms with Gasteiger partial charge in [0, 0.05) is 22.3 Å². The maximum absolute atomic E-state index is 13.3. The second kappa shape index (κ2) is 9.78. The van der Waals surface area contributed by atoms with Crippen molar-refractivity contribution in [3.05, 3.63) is 78.4 Å². The molecule has 0 radical (unpaired) electrons. The molecule has 1 aliphatic rings. The number of nitrogens with zero attached hydrogens (tertiary/aromatic N) is 1. The molecule has 1 heterocycles. The summed E-state index contributed by atoms with van der Waals surface area (Å²) in [6.45, 7) is -0.0516. The van der Waals surface area contributed by atoms with Crippen LogP contribution in [0.5, 0.6) is 11.5 Å². The third kappa shape index (κ3) is 4.73. The molecule has 6 nitrogen and oxygen atoms in total. The summed E-state index contributed by atoms with van der Waals surface area (Å²) in [7, 11) is 3.19. The lowest BCUT2D eigenvalue weighted by atomic mass is 10.1. The topological polar surface area (TPSA) is 67.9 Å². The van der Waals surface area contributed by atoms with E-state index >= 15 is 0 Å². The quantitative estimate of drug-likeness (QED) is 0.580. The number of rotatable bonds is 6. The number of carbonyl (C=O) groups is 2. The molecule has 0 aromatic heterocycles. The highest BCUT2D eigenvalue weighted by atomic mass is 32.2. The number of anilines is 2. The maximum Gasteiger partial charge on any atom is 0.244 e. The molecule has 0 saturated heterocycles. The predicted octanol–water partition coefficient (Wildman–Crippen LogP) is 4.91. The number of nitrogens with one attached hydrogen (secondary N) is 1.